The number of hydrogen-bond acceptors (Lipinski definition) is 4. The second-order valence-electron chi connectivity index (χ2n) is 9.36. The van der Waals surface area contributed by atoms with Crippen LogP contribution in [0.15, 0.2) is 91.0 Å². The fourth-order valence-corrected chi connectivity index (χ4v) is 4.96. The molecule has 0 saturated heterocycles. The standard InChI is InChI=1S/C30H27N5O/c1-32-29(36)24-11-6-5-10-23(24)25-16-17-26-28(33-25)35(27(34-26)20-8-3-2-4-9-20)22-14-12-21(13-15-22)30(31)18-7-19-30/h2-6,8-17H,7,18-19,31H2,1H3,(H,32,36). The van der Waals surface area contributed by atoms with Crippen molar-refractivity contribution in [2.24, 2.45) is 5.73 Å². The molecule has 36 heavy (non-hydrogen) atoms. The summed E-state index contributed by atoms with van der Waals surface area (Å²) in [5, 5.41) is 2.72. The summed E-state index contributed by atoms with van der Waals surface area (Å²) >= 11 is 0. The van der Waals surface area contributed by atoms with Gasteiger partial charge in [-0.3, -0.25) is 9.36 Å². The molecule has 3 aromatic carbocycles. The van der Waals surface area contributed by atoms with Gasteiger partial charge in [0.2, 0.25) is 0 Å². The summed E-state index contributed by atoms with van der Waals surface area (Å²) in [5.74, 6) is 0.668. The van der Waals surface area contributed by atoms with Crippen LogP contribution in [-0.2, 0) is 5.54 Å². The van der Waals surface area contributed by atoms with Crippen LogP contribution in [0.2, 0.25) is 0 Å². The minimum absolute atomic E-state index is 0.145. The molecule has 0 spiro atoms. The van der Waals surface area contributed by atoms with E-state index in [9.17, 15) is 4.79 Å². The molecular formula is C30H27N5O. The van der Waals surface area contributed by atoms with Gasteiger partial charge in [0.15, 0.2) is 5.65 Å². The van der Waals surface area contributed by atoms with Crippen molar-refractivity contribution in [3.05, 3.63) is 102 Å². The number of rotatable bonds is 5. The van der Waals surface area contributed by atoms with Gasteiger partial charge >= 0.3 is 0 Å². The first kappa shape index (κ1) is 22.2. The van der Waals surface area contributed by atoms with Gasteiger partial charge in [-0.15, -0.1) is 0 Å². The zero-order valence-corrected chi connectivity index (χ0v) is 20.1. The van der Waals surface area contributed by atoms with E-state index in [1.807, 2.05) is 54.6 Å². The second kappa shape index (κ2) is 8.73. The van der Waals surface area contributed by atoms with E-state index in [1.54, 1.807) is 7.05 Å². The van der Waals surface area contributed by atoms with Crippen molar-refractivity contribution >= 4 is 17.1 Å². The second-order valence-corrected chi connectivity index (χ2v) is 9.36. The quantitative estimate of drug-likeness (QED) is 0.355. The van der Waals surface area contributed by atoms with Crippen molar-refractivity contribution in [1.29, 1.82) is 0 Å². The van der Waals surface area contributed by atoms with Gasteiger partial charge in [0.25, 0.3) is 5.91 Å². The molecule has 6 rings (SSSR count). The molecule has 1 saturated carbocycles. The number of aromatic nitrogens is 3. The van der Waals surface area contributed by atoms with Crippen LogP contribution in [0, 0.1) is 0 Å². The number of carbonyl (C=O) groups is 1. The third-order valence-electron chi connectivity index (χ3n) is 7.16. The molecule has 6 heteroatoms. The van der Waals surface area contributed by atoms with E-state index in [1.165, 1.54) is 6.42 Å². The van der Waals surface area contributed by atoms with Crippen molar-refractivity contribution in [3.63, 3.8) is 0 Å². The number of nitrogens with zero attached hydrogens (tertiary/aromatic N) is 3. The van der Waals surface area contributed by atoms with Crippen LogP contribution in [0.1, 0.15) is 35.2 Å². The molecule has 3 N–H and O–H groups in total. The molecule has 1 fully saturated rings. The van der Waals surface area contributed by atoms with Gasteiger partial charge in [-0.2, -0.15) is 0 Å². The Morgan fingerprint density at radius 2 is 1.61 bits per heavy atom. The first-order valence-corrected chi connectivity index (χ1v) is 12.2. The van der Waals surface area contributed by atoms with Crippen molar-refractivity contribution in [2.45, 2.75) is 24.8 Å². The summed E-state index contributed by atoms with van der Waals surface area (Å²) in [5.41, 5.74) is 13.1. The number of imidazole rings is 1. The molecule has 1 aliphatic carbocycles. The van der Waals surface area contributed by atoms with Crippen LogP contribution in [0.25, 0.3) is 39.5 Å². The largest absolute Gasteiger partial charge is 0.355 e. The molecular weight excluding hydrogens is 446 g/mol. The lowest BCUT2D eigenvalue weighted by Crippen LogP contribution is -2.43. The highest BCUT2D eigenvalue weighted by molar-refractivity contribution is 6.00. The highest BCUT2D eigenvalue weighted by Gasteiger charge is 2.34. The van der Waals surface area contributed by atoms with Crippen LogP contribution in [0.4, 0.5) is 0 Å². The van der Waals surface area contributed by atoms with Crippen LogP contribution < -0.4 is 11.1 Å². The minimum Gasteiger partial charge on any atom is -0.355 e. The highest BCUT2D eigenvalue weighted by Crippen LogP contribution is 2.39. The van der Waals surface area contributed by atoms with E-state index in [4.69, 9.17) is 15.7 Å². The van der Waals surface area contributed by atoms with Crippen LogP contribution >= 0.6 is 0 Å². The predicted octanol–water partition coefficient (Wildman–Crippen LogP) is 5.45. The first-order valence-electron chi connectivity index (χ1n) is 12.2. The number of pyridine rings is 1. The number of carbonyl (C=O) groups excluding carboxylic acids is 1. The van der Waals surface area contributed by atoms with Gasteiger partial charge in [-0.25, -0.2) is 9.97 Å². The maximum atomic E-state index is 12.5. The van der Waals surface area contributed by atoms with Crippen molar-refractivity contribution in [1.82, 2.24) is 19.9 Å². The average molecular weight is 474 g/mol. The smallest absolute Gasteiger partial charge is 0.251 e. The number of nitrogens with one attached hydrogen (secondary N) is 1. The summed E-state index contributed by atoms with van der Waals surface area (Å²) in [6.07, 6.45) is 3.21. The van der Waals surface area contributed by atoms with Gasteiger partial charge in [-0.05, 0) is 55.2 Å². The zero-order valence-electron chi connectivity index (χ0n) is 20.1. The fourth-order valence-electron chi connectivity index (χ4n) is 4.96. The average Bonchev–Trinajstić information content (AvgIpc) is 3.30. The van der Waals surface area contributed by atoms with Crippen molar-refractivity contribution in [3.8, 4) is 28.3 Å². The third-order valence-corrected chi connectivity index (χ3v) is 7.16. The van der Waals surface area contributed by atoms with Gasteiger partial charge in [-0.1, -0.05) is 60.7 Å². The lowest BCUT2D eigenvalue weighted by atomic mass is 9.73. The molecule has 2 aromatic heterocycles. The monoisotopic (exact) mass is 473 g/mol. The molecule has 0 atom stereocenters. The molecule has 5 aromatic rings. The predicted molar refractivity (Wildman–Crippen MR) is 143 cm³/mol. The highest BCUT2D eigenvalue weighted by atomic mass is 16.1. The van der Waals surface area contributed by atoms with Gasteiger partial charge in [0.1, 0.15) is 11.3 Å². The van der Waals surface area contributed by atoms with E-state index in [0.717, 1.165) is 57.9 Å². The van der Waals surface area contributed by atoms with Gasteiger partial charge < -0.3 is 11.1 Å². The van der Waals surface area contributed by atoms with Gasteiger partial charge in [0.05, 0.1) is 5.69 Å². The van der Waals surface area contributed by atoms with Crippen molar-refractivity contribution in [2.75, 3.05) is 7.05 Å². The Labute approximate surface area is 209 Å². The normalized spacial score (nSPS) is 14.4. The summed E-state index contributed by atoms with van der Waals surface area (Å²) in [6.45, 7) is 0. The fraction of sp³-hybridized carbons (Fsp3) is 0.167. The molecule has 1 aliphatic rings. The Balaban J connectivity index is 1.55. The third kappa shape index (κ3) is 3.67. The number of amides is 1. The SMILES string of the molecule is CNC(=O)c1ccccc1-c1ccc2nc(-c3ccccc3)n(-c3ccc(C4(N)CCC4)cc3)c2n1. The lowest BCUT2D eigenvalue weighted by molar-refractivity contribution is 0.0963. The molecule has 0 radical (unpaired) electrons. The lowest BCUT2D eigenvalue weighted by Gasteiger charge is -2.38. The Bertz CT molecular complexity index is 1570. The van der Waals surface area contributed by atoms with Crippen LogP contribution in [-0.4, -0.2) is 27.5 Å². The summed E-state index contributed by atoms with van der Waals surface area (Å²) < 4.78 is 2.09. The van der Waals surface area contributed by atoms with E-state index in [2.05, 4.69) is 46.3 Å². The first-order chi connectivity index (χ1) is 17.6. The zero-order chi connectivity index (χ0) is 24.7. The maximum absolute atomic E-state index is 12.5. The topological polar surface area (TPSA) is 85.8 Å². The van der Waals surface area contributed by atoms with Crippen LogP contribution in [0.5, 0.6) is 0 Å². The number of hydrogen-bond donors (Lipinski definition) is 2. The Hall–Kier alpha value is -4.29. The Morgan fingerprint density at radius 1 is 0.889 bits per heavy atom. The molecule has 6 nitrogen and oxygen atoms in total. The molecule has 0 unspecified atom stereocenters. The number of benzene rings is 3. The minimum atomic E-state index is -0.215. The van der Waals surface area contributed by atoms with Crippen LogP contribution in [0.3, 0.4) is 0 Å². The van der Waals surface area contributed by atoms with Gasteiger partial charge in [0, 0.05) is 35.0 Å². The summed E-state index contributed by atoms with van der Waals surface area (Å²) in [6, 6.07) is 30.0. The molecule has 178 valence electrons. The van der Waals surface area contributed by atoms with E-state index >= 15 is 0 Å². The summed E-state index contributed by atoms with van der Waals surface area (Å²) in [7, 11) is 1.63. The molecule has 0 bridgehead atoms. The molecule has 2 heterocycles. The van der Waals surface area contributed by atoms with Crippen molar-refractivity contribution < 1.29 is 4.79 Å². The Morgan fingerprint density at radius 3 is 2.31 bits per heavy atom. The number of nitrogens with two attached hydrogens (primary N) is 1. The number of fused-ring (bicyclic) bond motifs is 1. The Kier molecular flexibility index (Phi) is 5.38. The van der Waals surface area contributed by atoms with E-state index in [0.29, 0.717) is 5.56 Å². The molecule has 1 amide bonds. The molecule has 0 aliphatic heterocycles. The summed E-state index contributed by atoms with van der Waals surface area (Å²) in [4.78, 5) is 22.5. The van der Waals surface area contributed by atoms with E-state index < -0.39 is 0 Å². The maximum Gasteiger partial charge on any atom is 0.251 e. The van der Waals surface area contributed by atoms with E-state index in [-0.39, 0.29) is 11.4 Å².